The van der Waals surface area contributed by atoms with Crippen molar-refractivity contribution in [3.63, 3.8) is 0 Å². The monoisotopic (exact) mass is 575 g/mol. The fourth-order valence-electron chi connectivity index (χ4n) is 5.21. The van der Waals surface area contributed by atoms with E-state index in [0.29, 0.717) is 29.1 Å². The lowest BCUT2D eigenvalue weighted by molar-refractivity contribution is -0.0893. The molecule has 1 aliphatic rings. The van der Waals surface area contributed by atoms with Gasteiger partial charge in [-0.2, -0.15) is 8.78 Å². The highest BCUT2D eigenvalue weighted by Gasteiger charge is 2.36. The summed E-state index contributed by atoms with van der Waals surface area (Å²) >= 11 is 0. The molecule has 0 atom stereocenters. The van der Waals surface area contributed by atoms with Gasteiger partial charge < -0.3 is 18.9 Å². The smallest absolute Gasteiger partial charge is 0.387 e. The first-order valence-corrected chi connectivity index (χ1v) is 14.4. The number of hydrogen-bond acceptors (Lipinski definition) is 6. The summed E-state index contributed by atoms with van der Waals surface area (Å²) in [5.41, 5.74) is 5.64. The van der Waals surface area contributed by atoms with Crippen molar-refractivity contribution >= 4 is 24.0 Å². The van der Waals surface area contributed by atoms with E-state index in [9.17, 15) is 13.9 Å². The Balaban J connectivity index is 1.48. The first-order chi connectivity index (χ1) is 19.8. The Morgan fingerprint density at radius 3 is 2.29 bits per heavy atom. The van der Waals surface area contributed by atoms with Crippen molar-refractivity contribution in [1.82, 2.24) is 9.88 Å². The third kappa shape index (κ3) is 6.24. The molecule has 2 heterocycles. The van der Waals surface area contributed by atoms with Gasteiger partial charge in [-0.25, -0.2) is 4.98 Å². The standard InChI is InChI=1S/C33H38BF2N2O4/c1-20-23(24-12-10-14-26(21(24)2)34-42-33(5,6)32(3,4)39)11-9-13-25(20)30-37-27-17-22(19-38-15-7-8-16-38)28(41-31(35)36)18-29(27)40-30/h9-14,17-18,31,39H,7-8,15-16,19H2,1-6H3. The van der Waals surface area contributed by atoms with Crippen LogP contribution in [0.2, 0.25) is 0 Å². The Hall–Kier alpha value is -3.27. The largest absolute Gasteiger partial charge is 0.436 e. The molecule has 1 fully saturated rings. The lowest BCUT2D eigenvalue weighted by Gasteiger charge is -2.37. The summed E-state index contributed by atoms with van der Waals surface area (Å²) < 4.78 is 43.6. The van der Waals surface area contributed by atoms with Crippen LogP contribution in [-0.4, -0.2) is 53.4 Å². The van der Waals surface area contributed by atoms with Crippen LogP contribution in [0, 0.1) is 13.8 Å². The summed E-state index contributed by atoms with van der Waals surface area (Å²) in [5.74, 6) is 0.539. The number of benzene rings is 3. The van der Waals surface area contributed by atoms with Crippen molar-refractivity contribution in [2.24, 2.45) is 0 Å². The molecule has 0 bridgehead atoms. The number of alkyl halides is 2. The van der Waals surface area contributed by atoms with Gasteiger partial charge in [0.05, 0.1) is 11.2 Å². The zero-order valence-corrected chi connectivity index (χ0v) is 25.1. The maximum Gasteiger partial charge on any atom is 0.387 e. The number of likely N-dealkylation sites (tertiary alicyclic amines) is 1. The average molecular weight is 575 g/mol. The van der Waals surface area contributed by atoms with Gasteiger partial charge in [-0.15, -0.1) is 0 Å². The molecule has 1 radical (unpaired) electrons. The molecule has 0 amide bonds. The first kappa shape index (κ1) is 30.2. The molecule has 221 valence electrons. The van der Waals surface area contributed by atoms with Crippen LogP contribution in [0.25, 0.3) is 33.7 Å². The minimum atomic E-state index is -2.93. The van der Waals surface area contributed by atoms with Crippen molar-refractivity contribution < 1.29 is 27.7 Å². The summed E-state index contributed by atoms with van der Waals surface area (Å²) in [6, 6.07) is 15.3. The molecule has 1 aromatic heterocycles. The number of aliphatic hydroxyl groups is 1. The predicted octanol–water partition coefficient (Wildman–Crippen LogP) is 6.79. The van der Waals surface area contributed by atoms with Crippen LogP contribution in [0.3, 0.4) is 0 Å². The summed E-state index contributed by atoms with van der Waals surface area (Å²) in [5, 5.41) is 10.5. The topological polar surface area (TPSA) is 68.0 Å². The number of nitrogens with zero attached hydrogens (tertiary/aromatic N) is 2. The molecule has 0 saturated carbocycles. The van der Waals surface area contributed by atoms with Gasteiger partial charge in [0.1, 0.15) is 11.3 Å². The van der Waals surface area contributed by atoms with Gasteiger partial charge in [-0.1, -0.05) is 30.3 Å². The van der Waals surface area contributed by atoms with E-state index in [1.807, 2.05) is 52.0 Å². The van der Waals surface area contributed by atoms with Gasteiger partial charge in [0.25, 0.3) is 0 Å². The third-order valence-corrected chi connectivity index (χ3v) is 8.56. The second-order valence-corrected chi connectivity index (χ2v) is 12.1. The van der Waals surface area contributed by atoms with Crippen LogP contribution in [0.1, 0.15) is 57.2 Å². The minimum absolute atomic E-state index is 0.122. The maximum atomic E-state index is 13.3. The Labute approximate surface area is 246 Å². The summed E-state index contributed by atoms with van der Waals surface area (Å²) in [4.78, 5) is 7.01. The second-order valence-electron chi connectivity index (χ2n) is 12.1. The Morgan fingerprint density at radius 2 is 1.62 bits per heavy atom. The molecule has 9 heteroatoms. The lowest BCUT2D eigenvalue weighted by Crippen LogP contribution is -2.49. The normalized spacial score (nSPS) is 14.7. The number of halogens is 2. The van der Waals surface area contributed by atoms with Crippen LogP contribution in [0.5, 0.6) is 5.75 Å². The van der Waals surface area contributed by atoms with E-state index in [-0.39, 0.29) is 5.75 Å². The van der Waals surface area contributed by atoms with E-state index in [4.69, 9.17) is 18.8 Å². The summed E-state index contributed by atoms with van der Waals surface area (Å²) in [7, 11) is 1.70. The summed E-state index contributed by atoms with van der Waals surface area (Å²) in [6.07, 6.45) is 2.20. The highest BCUT2D eigenvalue weighted by atomic mass is 19.3. The molecule has 1 N–H and O–H groups in total. The molecule has 6 nitrogen and oxygen atoms in total. The maximum absolute atomic E-state index is 13.3. The van der Waals surface area contributed by atoms with Gasteiger partial charge >= 0.3 is 14.1 Å². The fourth-order valence-corrected chi connectivity index (χ4v) is 5.21. The van der Waals surface area contributed by atoms with Crippen LogP contribution in [0.4, 0.5) is 8.78 Å². The Morgan fingerprint density at radius 1 is 0.976 bits per heavy atom. The average Bonchev–Trinajstić information content (AvgIpc) is 3.57. The zero-order chi connectivity index (χ0) is 30.2. The Bertz CT molecular complexity index is 1570. The van der Waals surface area contributed by atoms with Gasteiger partial charge in [0.2, 0.25) is 5.89 Å². The molecule has 3 aromatic carbocycles. The minimum Gasteiger partial charge on any atom is -0.436 e. The van der Waals surface area contributed by atoms with Crippen LogP contribution in [-0.2, 0) is 11.2 Å². The van der Waals surface area contributed by atoms with E-state index in [0.717, 1.165) is 59.2 Å². The first-order valence-electron chi connectivity index (χ1n) is 14.4. The van der Waals surface area contributed by atoms with Crippen LogP contribution in [0.15, 0.2) is 52.9 Å². The molecule has 5 rings (SSSR count). The van der Waals surface area contributed by atoms with E-state index < -0.39 is 17.8 Å². The Kier molecular flexibility index (Phi) is 8.47. The van der Waals surface area contributed by atoms with Gasteiger partial charge in [0.15, 0.2) is 5.58 Å². The molecule has 1 saturated heterocycles. The highest BCUT2D eigenvalue weighted by molar-refractivity contribution is 6.48. The molecule has 4 aromatic rings. The second kappa shape index (κ2) is 11.8. The van der Waals surface area contributed by atoms with Crippen molar-refractivity contribution in [2.75, 3.05) is 13.1 Å². The zero-order valence-electron chi connectivity index (χ0n) is 25.1. The molecular weight excluding hydrogens is 537 g/mol. The van der Waals surface area contributed by atoms with E-state index in [1.54, 1.807) is 27.4 Å². The quantitative estimate of drug-likeness (QED) is 0.210. The number of aromatic nitrogens is 1. The van der Waals surface area contributed by atoms with Crippen molar-refractivity contribution in [3.05, 3.63) is 65.2 Å². The van der Waals surface area contributed by atoms with E-state index in [1.165, 1.54) is 6.07 Å². The third-order valence-electron chi connectivity index (χ3n) is 8.56. The summed E-state index contributed by atoms with van der Waals surface area (Å²) in [6.45, 7) is 10.7. The molecule has 0 unspecified atom stereocenters. The van der Waals surface area contributed by atoms with Crippen LogP contribution >= 0.6 is 0 Å². The van der Waals surface area contributed by atoms with Crippen molar-refractivity contribution in [3.8, 4) is 28.3 Å². The van der Waals surface area contributed by atoms with Gasteiger partial charge in [-0.05, 0) is 107 Å². The van der Waals surface area contributed by atoms with Crippen molar-refractivity contribution in [2.45, 2.75) is 78.7 Å². The van der Waals surface area contributed by atoms with E-state index in [2.05, 4.69) is 17.0 Å². The van der Waals surface area contributed by atoms with Crippen molar-refractivity contribution in [1.29, 1.82) is 0 Å². The SMILES string of the molecule is Cc1c([B]OC(C)(C)C(C)(C)O)cccc1-c1cccc(-c2nc3cc(CN4CCCC4)c(OC(F)F)cc3o2)c1C. The predicted molar refractivity (Wildman–Crippen MR) is 162 cm³/mol. The number of rotatable bonds is 10. The molecule has 42 heavy (non-hydrogen) atoms. The van der Waals surface area contributed by atoms with Crippen LogP contribution < -0.4 is 10.2 Å². The molecule has 0 spiro atoms. The van der Waals surface area contributed by atoms with Gasteiger partial charge in [0, 0.05) is 23.7 Å². The van der Waals surface area contributed by atoms with Gasteiger partial charge in [-0.3, -0.25) is 4.90 Å². The molecule has 0 aliphatic carbocycles. The lowest BCUT2D eigenvalue weighted by atomic mass is 9.78. The highest BCUT2D eigenvalue weighted by Crippen LogP contribution is 2.36. The number of hydrogen-bond donors (Lipinski definition) is 1. The molecular formula is C33H38BF2N2O4. The fraction of sp³-hybridized carbons (Fsp3) is 0.424. The number of ether oxygens (including phenoxy) is 1. The molecule has 1 aliphatic heterocycles. The number of oxazole rings is 1. The van der Waals surface area contributed by atoms with E-state index >= 15 is 0 Å². The number of fused-ring (bicyclic) bond motifs is 1.